The van der Waals surface area contributed by atoms with Gasteiger partial charge < -0.3 is 0 Å². The SMILES string of the molecule is C1=CCCC=CCC1.C1=CCCC=CCC1.[F][Sb-]([F])([F])([F])([F])[F].[F][Sb-]([F])([F])([F])([F])[F].[F][Sb-]([F])([F])([F])([F])[F].[Rh+3]. The van der Waals surface area contributed by atoms with Gasteiger partial charge in [0.2, 0.25) is 0 Å². The second kappa shape index (κ2) is 13.4. The van der Waals surface area contributed by atoms with E-state index in [0.29, 0.717) is 0 Å². The summed E-state index contributed by atoms with van der Waals surface area (Å²) in [4.78, 5) is 0. The minimum absolute atomic E-state index is 0. The second-order valence-corrected chi connectivity index (χ2v) is 23.5. The van der Waals surface area contributed by atoms with E-state index < -0.39 is 58.4 Å². The Morgan fingerprint density at radius 2 is 0.289 bits per heavy atom. The smallest absolute Gasteiger partial charge is 3.00 e. The Labute approximate surface area is 226 Å². The van der Waals surface area contributed by atoms with E-state index in [1.807, 2.05) is 0 Å². The molecule has 0 saturated carbocycles. The molecule has 0 spiro atoms. The first kappa shape index (κ1) is 45.8. The van der Waals surface area contributed by atoms with E-state index in [1.54, 1.807) is 0 Å². The van der Waals surface area contributed by atoms with Crippen LogP contribution in [0.4, 0.5) is 50.6 Å². The standard InChI is InChI=1S/2C8H12.18FH.Rh.3Sb/c2*1-2-4-6-8-7-5-3-1;;;;;;;;;;;;;;;;;;;;;;/h2*1-2,7-8H,3-6H2;18*1H;;;;/q;;;;;;;;;;;;;;;;;;;;+3;3*+5/p-18. The Kier molecular flexibility index (Phi) is 16.1. The molecule has 0 unspecified atom stereocenters. The zero-order valence-corrected chi connectivity index (χ0v) is 28.1. The minimum Gasteiger partial charge on any atom is 3.00 e. The summed E-state index contributed by atoms with van der Waals surface area (Å²) in [5, 5.41) is 0. The number of rotatable bonds is 0. The zero-order valence-electron chi connectivity index (χ0n) is 18.8. The molecule has 0 N–H and O–H groups in total. The normalized spacial score (nSPS) is 21.2. The van der Waals surface area contributed by atoms with Gasteiger partial charge in [-0.2, -0.15) is 0 Å². The van der Waals surface area contributed by atoms with Crippen LogP contribution < -0.4 is 0 Å². The van der Waals surface area contributed by atoms with Gasteiger partial charge in [0.15, 0.2) is 0 Å². The topological polar surface area (TPSA) is 0 Å². The monoisotopic (exact) mass is 1020 g/mol. The molecule has 2 rings (SSSR count). The third-order valence-corrected chi connectivity index (χ3v) is 2.67. The molecule has 0 nitrogen and oxygen atoms in total. The Morgan fingerprint density at radius 1 is 0.237 bits per heavy atom. The zero-order chi connectivity index (χ0) is 30.5. The van der Waals surface area contributed by atoms with Crippen LogP contribution in [-0.4, -0.2) is 58.4 Å². The summed E-state index contributed by atoms with van der Waals surface area (Å²) in [6.07, 6.45) is 28.0. The predicted octanol–water partition coefficient (Wildman–Crippen LogP) is 11.8. The fourth-order valence-electron chi connectivity index (χ4n) is 1.71. The molecule has 0 aromatic heterocycles. The molecule has 0 heterocycles. The Balaban J connectivity index is -0.000000189. The molecule has 0 radical (unpaired) electrons. The average Bonchev–Trinajstić information content (AvgIpc) is 2.34. The largest absolute Gasteiger partial charge is 3.00 e. The van der Waals surface area contributed by atoms with Crippen molar-refractivity contribution in [2.75, 3.05) is 0 Å². The molecule has 0 amide bonds. The van der Waals surface area contributed by atoms with Gasteiger partial charge in [0.25, 0.3) is 0 Å². The third kappa shape index (κ3) is 167. The van der Waals surface area contributed by atoms with Crippen molar-refractivity contribution >= 4 is 58.4 Å². The van der Waals surface area contributed by atoms with E-state index in [2.05, 4.69) is 48.6 Å². The minimum atomic E-state index is -11.2. The molecule has 2 aliphatic rings. The van der Waals surface area contributed by atoms with Crippen LogP contribution in [0.25, 0.3) is 0 Å². The van der Waals surface area contributed by atoms with E-state index in [1.165, 1.54) is 51.4 Å². The first-order valence-electron chi connectivity index (χ1n) is 9.64. The first-order valence-corrected chi connectivity index (χ1v) is 27.0. The Morgan fingerprint density at radius 3 is 0.342 bits per heavy atom. The summed E-state index contributed by atoms with van der Waals surface area (Å²) < 4.78 is 179. The molecule has 0 aromatic rings. The van der Waals surface area contributed by atoms with Gasteiger partial charge in [0.05, 0.1) is 0 Å². The third-order valence-electron chi connectivity index (χ3n) is 2.67. The summed E-state index contributed by atoms with van der Waals surface area (Å²) in [5.74, 6) is 0. The molecular formula is C16H24F18RhSb3. The Bertz CT molecular complexity index is 616. The van der Waals surface area contributed by atoms with Crippen molar-refractivity contribution in [3.8, 4) is 0 Å². The number of hydrogen-bond donors (Lipinski definition) is 0. The summed E-state index contributed by atoms with van der Waals surface area (Å²) in [6, 6.07) is 0. The van der Waals surface area contributed by atoms with Gasteiger partial charge >= 0.3 is 129 Å². The quantitative estimate of drug-likeness (QED) is 0.129. The van der Waals surface area contributed by atoms with Gasteiger partial charge in [-0.25, -0.2) is 0 Å². The van der Waals surface area contributed by atoms with Crippen LogP contribution in [0.5, 0.6) is 0 Å². The summed E-state index contributed by atoms with van der Waals surface area (Å²) >= 11 is -33.8. The van der Waals surface area contributed by atoms with Crippen LogP contribution in [0.1, 0.15) is 51.4 Å². The van der Waals surface area contributed by atoms with Crippen molar-refractivity contribution in [2.45, 2.75) is 51.4 Å². The van der Waals surface area contributed by atoms with Crippen LogP contribution in [0.15, 0.2) is 48.6 Å². The molecule has 0 bridgehead atoms. The van der Waals surface area contributed by atoms with Gasteiger partial charge in [-0.05, 0) is 51.4 Å². The van der Waals surface area contributed by atoms with Gasteiger partial charge in [-0.1, -0.05) is 48.6 Å². The van der Waals surface area contributed by atoms with E-state index in [-0.39, 0.29) is 19.5 Å². The molecule has 2 aliphatic carbocycles. The summed E-state index contributed by atoms with van der Waals surface area (Å²) in [6.45, 7) is 0. The number of halogens is 18. The average molecular weight is 1030 g/mol. The van der Waals surface area contributed by atoms with E-state index in [0.717, 1.165) is 0 Å². The maximum Gasteiger partial charge on any atom is 3.00 e. The second-order valence-electron chi connectivity index (χ2n) is 7.07. The van der Waals surface area contributed by atoms with Crippen molar-refractivity contribution in [1.29, 1.82) is 0 Å². The molecule has 238 valence electrons. The van der Waals surface area contributed by atoms with Gasteiger partial charge in [-0.3, -0.25) is 0 Å². The molecule has 22 heteroatoms. The van der Waals surface area contributed by atoms with E-state index in [4.69, 9.17) is 0 Å². The van der Waals surface area contributed by atoms with Crippen LogP contribution >= 0.6 is 0 Å². The molecule has 0 aliphatic heterocycles. The van der Waals surface area contributed by atoms with Crippen molar-refractivity contribution < 1.29 is 70.1 Å². The van der Waals surface area contributed by atoms with Crippen molar-refractivity contribution in [3.05, 3.63) is 48.6 Å². The molecule has 0 atom stereocenters. The summed E-state index contributed by atoms with van der Waals surface area (Å²) in [7, 11) is 0. The van der Waals surface area contributed by atoms with Crippen LogP contribution in [0.2, 0.25) is 0 Å². The molecule has 0 saturated heterocycles. The van der Waals surface area contributed by atoms with Crippen molar-refractivity contribution in [1.82, 2.24) is 0 Å². The molecule has 0 aromatic carbocycles. The van der Waals surface area contributed by atoms with Gasteiger partial charge in [0.1, 0.15) is 0 Å². The molecule has 38 heavy (non-hydrogen) atoms. The van der Waals surface area contributed by atoms with Crippen molar-refractivity contribution in [2.24, 2.45) is 0 Å². The maximum atomic E-state index is 9.93. The van der Waals surface area contributed by atoms with Gasteiger partial charge in [0, 0.05) is 0 Å². The number of allylic oxidation sites excluding steroid dienone is 8. The first-order chi connectivity index (χ1) is 15.3. The van der Waals surface area contributed by atoms with Crippen LogP contribution in [0, 0.1) is 0 Å². The maximum absolute atomic E-state index is 11.2. The van der Waals surface area contributed by atoms with Crippen molar-refractivity contribution in [3.63, 3.8) is 0 Å². The van der Waals surface area contributed by atoms with E-state index in [9.17, 15) is 50.6 Å². The molecule has 0 fully saturated rings. The Hall–Kier alpha value is 0.778. The predicted molar refractivity (Wildman–Crippen MR) is 111 cm³/mol. The van der Waals surface area contributed by atoms with Crippen LogP contribution in [-0.2, 0) is 19.5 Å². The molecular weight excluding hydrogens is 1000 g/mol. The van der Waals surface area contributed by atoms with Crippen LogP contribution in [0.3, 0.4) is 0 Å². The van der Waals surface area contributed by atoms with E-state index >= 15 is 0 Å². The van der Waals surface area contributed by atoms with Gasteiger partial charge in [-0.15, -0.1) is 0 Å². The fourth-order valence-corrected chi connectivity index (χ4v) is 1.71. The number of hydrogen-bond acceptors (Lipinski definition) is 0. The summed E-state index contributed by atoms with van der Waals surface area (Å²) in [5.41, 5.74) is 0. The fraction of sp³-hybridized carbons (Fsp3) is 0.500.